The molecule has 0 aliphatic carbocycles. The summed E-state index contributed by atoms with van der Waals surface area (Å²) >= 11 is 3.08. The topological polar surface area (TPSA) is 62.2 Å². The van der Waals surface area contributed by atoms with Crippen LogP contribution in [0, 0.1) is 6.92 Å². The fourth-order valence-electron chi connectivity index (χ4n) is 2.15. The zero-order chi connectivity index (χ0) is 16.2. The third kappa shape index (κ3) is 3.85. The van der Waals surface area contributed by atoms with E-state index in [2.05, 4.69) is 10.3 Å². The van der Waals surface area contributed by atoms with Crippen LogP contribution >= 0.6 is 22.7 Å². The summed E-state index contributed by atoms with van der Waals surface area (Å²) in [7, 11) is 0. The molecule has 0 bridgehead atoms. The molecule has 0 aliphatic heterocycles. The van der Waals surface area contributed by atoms with E-state index in [4.69, 9.17) is 0 Å². The maximum atomic E-state index is 12.3. The van der Waals surface area contributed by atoms with Gasteiger partial charge in [-0.3, -0.25) is 4.79 Å². The van der Waals surface area contributed by atoms with Crippen molar-refractivity contribution >= 4 is 28.6 Å². The lowest BCUT2D eigenvalue weighted by atomic mass is 10.1. The molecule has 6 heteroatoms. The number of rotatable bonds is 5. The van der Waals surface area contributed by atoms with E-state index in [0.29, 0.717) is 5.56 Å². The fraction of sp³-hybridized carbons (Fsp3) is 0.176. The maximum Gasteiger partial charge on any atom is 0.251 e. The van der Waals surface area contributed by atoms with E-state index in [1.807, 2.05) is 47.3 Å². The Morgan fingerprint density at radius 3 is 2.91 bits per heavy atom. The number of aryl methyl sites for hydroxylation is 1. The number of hydrogen-bond donors (Lipinski definition) is 2. The van der Waals surface area contributed by atoms with Gasteiger partial charge in [0.25, 0.3) is 5.91 Å². The van der Waals surface area contributed by atoms with E-state index in [1.165, 1.54) is 11.3 Å². The third-order valence-electron chi connectivity index (χ3n) is 3.37. The van der Waals surface area contributed by atoms with Crippen molar-refractivity contribution in [2.24, 2.45) is 0 Å². The second-order valence-electron chi connectivity index (χ2n) is 5.16. The van der Waals surface area contributed by atoms with Gasteiger partial charge < -0.3 is 10.4 Å². The van der Waals surface area contributed by atoms with Gasteiger partial charge in [-0.2, -0.15) is 11.3 Å². The number of aliphatic hydroxyl groups is 1. The first kappa shape index (κ1) is 15.9. The number of thiophene rings is 1. The average Bonchev–Trinajstić information content (AvgIpc) is 3.24. The molecule has 0 saturated heterocycles. The quantitative estimate of drug-likeness (QED) is 0.743. The first-order chi connectivity index (χ1) is 11.1. The number of benzene rings is 1. The summed E-state index contributed by atoms with van der Waals surface area (Å²) in [5.41, 5.74) is 3.28. The molecule has 0 aliphatic rings. The van der Waals surface area contributed by atoms with Crippen molar-refractivity contribution < 1.29 is 9.90 Å². The minimum atomic E-state index is -0.685. The van der Waals surface area contributed by atoms with E-state index in [0.717, 1.165) is 21.8 Å². The fourth-order valence-corrected chi connectivity index (χ4v) is 3.66. The number of thiazole rings is 1. The van der Waals surface area contributed by atoms with Gasteiger partial charge in [0, 0.05) is 28.7 Å². The Balaban J connectivity index is 1.68. The molecule has 3 rings (SSSR count). The third-order valence-corrected chi connectivity index (χ3v) is 5.09. The molecule has 3 aromatic rings. The van der Waals surface area contributed by atoms with Gasteiger partial charge in [0.1, 0.15) is 5.01 Å². The Bertz CT molecular complexity index is 797. The largest absolute Gasteiger partial charge is 0.387 e. The monoisotopic (exact) mass is 344 g/mol. The molecule has 2 N–H and O–H groups in total. The van der Waals surface area contributed by atoms with Crippen molar-refractivity contribution in [2.45, 2.75) is 13.0 Å². The first-order valence-electron chi connectivity index (χ1n) is 7.14. The Labute approximate surface area is 142 Å². The molecule has 0 fully saturated rings. The first-order valence-corrected chi connectivity index (χ1v) is 8.96. The van der Waals surface area contributed by atoms with Gasteiger partial charge in [0.2, 0.25) is 0 Å². The summed E-state index contributed by atoms with van der Waals surface area (Å²) in [4.78, 5) is 16.7. The normalized spacial score (nSPS) is 12.1. The number of nitrogens with zero attached hydrogens (tertiary/aromatic N) is 1. The highest BCUT2D eigenvalue weighted by Gasteiger charge is 2.12. The highest BCUT2D eigenvalue weighted by Crippen LogP contribution is 2.24. The van der Waals surface area contributed by atoms with Crippen LogP contribution in [-0.4, -0.2) is 22.5 Å². The minimum absolute atomic E-state index is 0.191. The number of carbonyl (C=O) groups excluding carboxylic acids is 1. The van der Waals surface area contributed by atoms with Crippen LogP contribution in [0.25, 0.3) is 10.6 Å². The number of hydrogen-bond acceptors (Lipinski definition) is 5. The number of aliphatic hydroxyl groups excluding tert-OH is 1. The van der Waals surface area contributed by atoms with Gasteiger partial charge in [-0.25, -0.2) is 4.98 Å². The molecule has 0 saturated carbocycles. The molecule has 1 unspecified atom stereocenters. The standard InChI is InChI=1S/C17H16N2O2S2/c1-11-9-23-17(19-11)13-4-2-3-12(7-13)16(21)18-8-15(20)14-5-6-22-10-14/h2-7,9-10,15,20H,8H2,1H3,(H,18,21). The lowest BCUT2D eigenvalue weighted by Crippen LogP contribution is -2.28. The van der Waals surface area contributed by atoms with Gasteiger partial charge in [0.15, 0.2) is 0 Å². The Morgan fingerprint density at radius 1 is 1.35 bits per heavy atom. The molecule has 23 heavy (non-hydrogen) atoms. The molecule has 0 spiro atoms. The number of carbonyl (C=O) groups is 1. The van der Waals surface area contributed by atoms with E-state index < -0.39 is 6.10 Å². The van der Waals surface area contributed by atoms with Crippen LogP contribution in [0.2, 0.25) is 0 Å². The van der Waals surface area contributed by atoms with E-state index in [1.54, 1.807) is 17.4 Å². The average molecular weight is 344 g/mol. The van der Waals surface area contributed by atoms with Crippen LogP contribution < -0.4 is 5.32 Å². The van der Waals surface area contributed by atoms with Crippen LogP contribution in [0.4, 0.5) is 0 Å². The van der Waals surface area contributed by atoms with Crippen molar-refractivity contribution in [2.75, 3.05) is 6.54 Å². The van der Waals surface area contributed by atoms with Crippen molar-refractivity contribution in [1.82, 2.24) is 10.3 Å². The minimum Gasteiger partial charge on any atom is -0.387 e. The molecule has 1 amide bonds. The summed E-state index contributed by atoms with van der Waals surface area (Å²) in [5.74, 6) is -0.200. The van der Waals surface area contributed by atoms with Crippen LogP contribution in [0.3, 0.4) is 0 Å². The predicted molar refractivity (Wildman–Crippen MR) is 93.9 cm³/mol. The van der Waals surface area contributed by atoms with E-state index in [-0.39, 0.29) is 12.5 Å². The lowest BCUT2D eigenvalue weighted by molar-refractivity contribution is 0.0916. The van der Waals surface area contributed by atoms with Crippen molar-refractivity contribution in [1.29, 1.82) is 0 Å². The summed E-state index contributed by atoms with van der Waals surface area (Å²) < 4.78 is 0. The van der Waals surface area contributed by atoms with Gasteiger partial charge in [-0.15, -0.1) is 11.3 Å². The van der Waals surface area contributed by atoms with Crippen LogP contribution in [0.15, 0.2) is 46.5 Å². The van der Waals surface area contributed by atoms with Crippen LogP contribution in [0.5, 0.6) is 0 Å². The number of aromatic nitrogens is 1. The maximum absolute atomic E-state index is 12.3. The van der Waals surface area contributed by atoms with Gasteiger partial charge >= 0.3 is 0 Å². The summed E-state index contributed by atoms with van der Waals surface area (Å²) in [5, 5.41) is 19.5. The number of nitrogens with one attached hydrogen (secondary N) is 1. The smallest absolute Gasteiger partial charge is 0.251 e. The van der Waals surface area contributed by atoms with Crippen molar-refractivity contribution in [3.05, 3.63) is 63.3 Å². The summed E-state index contributed by atoms with van der Waals surface area (Å²) in [6, 6.07) is 9.22. The molecule has 1 atom stereocenters. The van der Waals surface area contributed by atoms with Crippen LogP contribution in [0.1, 0.15) is 27.7 Å². The van der Waals surface area contributed by atoms with Gasteiger partial charge in [-0.05, 0) is 41.4 Å². The summed E-state index contributed by atoms with van der Waals surface area (Å²) in [6.45, 7) is 2.14. The molecular formula is C17H16N2O2S2. The lowest BCUT2D eigenvalue weighted by Gasteiger charge is -2.11. The van der Waals surface area contributed by atoms with Crippen molar-refractivity contribution in [3.63, 3.8) is 0 Å². The highest BCUT2D eigenvalue weighted by atomic mass is 32.1. The molecule has 4 nitrogen and oxygen atoms in total. The Hall–Kier alpha value is -2.02. The molecule has 2 heterocycles. The van der Waals surface area contributed by atoms with Gasteiger partial charge in [-0.1, -0.05) is 12.1 Å². The highest BCUT2D eigenvalue weighted by molar-refractivity contribution is 7.13. The summed E-state index contributed by atoms with van der Waals surface area (Å²) in [6.07, 6.45) is -0.685. The number of amides is 1. The zero-order valence-corrected chi connectivity index (χ0v) is 14.2. The SMILES string of the molecule is Cc1csc(-c2cccc(C(=O)NCC(O)c3ccsc3)c2)n1. The zero-order valence-electron chi connectivity index (χ0n) is 12.5. The van der Waals surface area contributed by atoms with Gasteiger partial charge in [0.05, 0.1) is 6.10 Å². The Kier molecular flexibility index (Phi) is 4.85. The molecule has 118 valence electrons. The molecule has 0 radical (unpaired) electrons. The second kappa shape index (κ2) is 7.04. The predicted octanol–water partition coefficient (Wildman–Crippen LogP) is 3.64. The van der Waals surface area contributed by atoms with Crippen LogP contribution in [-0.2, 0) is 0 Å². The second-order valence-corrected chi connectivity index (χ2v) is 6.80. The Morgan fingerprint density at radius 2 is 2.22 bits per heavy atom. The molecule has 1 aromatic carbocycles. The van der Waals surface area contributed by atoms with E-state index >= 15 is 0 Å². The van der Waals surface area contributed by atoms with E-state index in [9.17, 15) is 9.90 Å². The molecular weight excluding hydrogens is 328 g/mol. The molecule has 2 aromatic heterocycles. The van der Waals surface area contributed by atoms with Crippen molar-refractivity contribution in [3.8, 4) is 10.6 Å².